The molecule has 0 unspecified atom stereocenters. The summed E-state index contributed by atoms with van der Waals surface area (Å²) >= 11 is 0. The molecule has 0 aromatic carbocycles. The van der Waals surface area contributed by atoms with Gasteiger partial charge in [0.15, 0.2) is 0 Å². The van der Waals surface area contributed by atoms with E-state index in [1.54, 1.807) is 0 Å². The molecule has 4 N–H and O–H groups in total. The molecule has 14 heavy (non-hydrogen) atoms. The van der Waals surface area contributed by atoms with E-state index in [1.165, 1.54) is 0 Å². The number of aliphatic hydroxyl groups is 2. The Bertz CT molecular complexity index is 684. The number of rotatable bonds is 11. The summed E-state index contributed by atoms with van der Waals surface area (Å²) in [5.74, 6) is 0. The summed E-state index contributed by atoms with van der Waals surface area (Å²) in [5.41, 5.74) is 0. The van der Waals surface area contributed by atoms with Gasteiger partial charge in [0.25, 0.3) is 0 Å². The summed E-state index contributed by atoms with van der Waals surface area (Å²) in [6.07, 6.45) is -7.89. The van der Waals surface area contributed by atoms with Crippen LogP contribution in [0.15, 0.2) is 0 Å². The Labute approximate surface area is 118 Å². The molecule has 4 nitrogen and oxygen atoms in total. The lowest BCUT2D eigenvalue weighted by Gasteiger charge is -2.17. The van der Waals surface area contributed by atoms with Crippen molar-refractivity contribution in [2.24, 2.45) is 0 Å². The molecule has 2 atom stereocenters. The molecule has 0 saturated heterocycles. The van der Waals surface area contributed by atoms with Crippen LogP contribution in [0.25, 0.3) is 0 Å². The maximum atomic E-state index is 8.01. The summed E-state index contributed by atoms with van der Waals surface area (Å²) in [6.45, 7) is -23.9. The molecule has 86 valence electrons. The molecular weight excluding hydrogens is 180 g/mol. The molecule has 0 fully saturated rings. The molecule has 0 amide bonds. The maximum Gasteiger partial charge on any atom is 0.210 e. The summed E-state index contributed by atoms with van der Waals surface area (Å²) in [7, 11) is 0. The Morgan fingerprint density at radius 3 is 2.07 bits per heavy atom. The van der Waals surface area contributed by atoms with Gasteiger partial charge in [0.2, 0.25) is 2.86 Å². The van der Waals surface area contributed by atoms with Crippen LogP contribution in [-0.4, -0.2) is 51.3 Å². The number of hydrogen-bond donors (Lipinski definition) is 4. The fraction of sp³-hybridized carbons (Fsp3) is 1.00. The minimum absolute atomic E-state index is 0.964. The van der Waals surface area contributed by atoms with Crippen molar-refractivity contribution in [2.45, 2.75) is 38.5 Å². The van der Waals surface area contributed by atoms with Crippen LogP contribution in [0, 0.1) is 0 Å². The summed E-state index contributed by atoms with van der Waals surface area (Å²) in [6, 6.07) is -6.56. The van der Waals surface area contributed by atoms with E-state index in [0.717, 1.165) is 0 Å². The second-order valence-electron chi connectivity index (χ2n) is 1.81. The first-order valence-electron chi connectivity index (χ1n) is 14.0. The Kier molecular flexibility index (Phi) is 1.26. The minimum atomic E-state index is -4.29. The first-order valence-corrected chi connectivity index (χ1v) is 3.28. The highest BCUT2D eigenvalue weighted by Crippen LogP contribution is 1.89. The first kappa shape index (κ1) is 1.88. The number of nitrogens with one attached hydrogen (secondary N) is 2. The molecule has 0 radical (unpaired) electrons. The third-order valence-electron chi connectivity index (χ3n) is 0.934. The quantitative estimate of drug-likeness (QED) is 0.391. The van der Waals surface area contributed by atoms with Crippen molar-refractivity contribution >= 4 is 0 Å². The summed E-state index contributed by atoms with van der Waals surface area (Å²) in [4.78, 5) is 0. The van der Waals surface area contributed by atoms with Crippen molar-refractivity contribution in [3.8, 4) is 0 Å². The molecule has 0 spiro atoms. The van der Waals surface area contributed by atoms with Gasteiger partial charge in [0.1, 0.15) is 2.82 Å². The van der Waals surface area contributed by atoms with E-state index in [1.807, 2.05) is 0 Å². The third kappa shape index (κ3) is 6.32. The fourth-order valence-electron chi connectivity index (χ4n) is 0.363. The Hall–Kier alpha value is -0.160. The highest BCUT2D eigenvalue weighted by atomic mass is 16.3. The Morgan fingerprint density at radius 2 is 1.71 bits per heavy atom. The normalized spacial score (nSPS) is 47.0. The van der Waals surface area contributed by atoms with Gasteiger partial charge in [-0.1, -0.05) is 13.7 Å². The van der Waals surface area contributed by atoms with E-state index in [0.29, 0.717) is 0 Å². The predicted molar refractivity (Wildman–Crippen MR) is 58.3 cm³/mol. The molecule has 0 aliphatic rings. The van der Waals surface area contributed by atoms with Crippen molar-refractivity contribution in [1.82, 2.24) is 10.6 Å². The molecule has 0 aliphatic carbocycles. The molecule has 0 aromatic rings. The first-order chi connectivity index (χ1) is 15.4. The van der Waals surface area contributed by atoms with E-state index >= 15 is 0 Å². The van der Waals surface area contributed by atoms with Crippen molar-refractivity contribution in [1.29, 1.82) is 2.86 Å². The van der Waals surface area contributed by atoms with Gasteiger partial charge in [-0.25, -0.2) is 0 Å². The molecule has 0 aliphatic heterocycles. The van der Waals surface area contributed by atoms with Gasteiger partial charge in [-0.05, 0) is 12.7 Å². The van der Waals surface area contributed by atoms with Crippen LogP contribution < -0.4 is 10.6 Å². The van der Waals surface area contributed by atoms with Crippen molar-refractivity contribution in [3.63, 3.8) is 0 Å². The van der Waals surface area contributed by atoms with Gasteiger partial charge in [-0.15, -0.1) is 0 Å². The summed E-state index contributed by atoms with van der Waals surface area (Å²) < 4.78 is 167. The lowest BCUT2D eigenvalue weighted by atomic mass is 10.2. The van der Waals surface area contributed by atoms with Crippen LogP contribution in [0.5, 0.6) is 0 Å². The SMILES string of the molecule is [2H]OC([2H])([2H])[C@@H](N([2H])C([2H])([2H])C([2H])([2H])N([2H])[C@H](C([2H])([2H])O[2H])C([2H])([2H])C([2H])([2H])[2H])C([2H])([2H])C([2H])([2H])[2H]. The standard InChI is InChI=1S/C10H24N2O2/c1-3-9(7-13)11-5-6-12-10(4-2)8-14/h9-14H,3-8H2,1-2H3/t9-,10-/m0/s1/i1D3,2D3,3D2,4D2,5D2,6D2,7D2,8D2,13D,14D/hD2. The molecule has 0 bridgehead atoms. The maximum absolute atomic E-state index is 8.01. The van der Waals surface area contributed by atoms with Gasteiger partial charge in [-0.2, -0.15) is 0 Å². The second kappa shape index (κ2) is 9.40. The third-order valence-corrected chi connectivity index (χ3v) is 0.934. The van der Waals surface area contributed by atoms with Gasteiger partial charge in [-0.3, -0.25) is 0 Å². The fourth-order valence-corrected chi connectivity index (χ4v) is 0.363. The van der Waals surface area contributed by atoms with E-state index in [-0.39, 0.29) is 0 Å². The van der Waals surface area contributed by atoms with Crippen molar-refractivity contribution < 1.29 is 37.7 Å². The highest BCUT2D eigenvalue weighted by Gasteiger charge is 2.04. The van der Waals surface area contributed by atoms with E-state index in [4.69, 9.17) is 30.4 Å². The van der Waals surface area contributed by atoms with Crippen molar-refractivity contribution in [3.05, 3.63) is 0 Å². The predicted octanol–water partition coefficient (Wildman–Crippen LogP) is -0.293. The lowest BCUT2D eigenvalue weighted by molar-refractivity contribution is 0.229. The molecule has 4 heteroatoms. The van der Waals surface area contributed by atoms with Gasteiger partial charge >= 0.3 is 0 Å². The second-order valence-corrected chi connectivity index (χ2v) is 1.81. The summed E-state index contributed by atoms with van der Waals surface area (Å²) in [5, 5.41) is 5.34. The smallest absolute Gasteiger partial charge is 0.210 e. The van der Waals surface area contributed by atoms with Gasteiger partial charge in [0, 0.05) is 44.3 Å². The lowest BCUT2D eigenvalue weighted by Crippen LogP contribution is -2.40. The zero-order valence-corrected chi connectivity index (χ0v) is 6.87. The molecule has 0 heterocycles. The average molecular weight is 226 g/mol. The van der Waals surface area contributed by atoms with E-state index < -0.39 is 75.3 Å². The topological polar surface area (TPSA) is 64.5 Å². The molecular formula is C10H24N2O2. The Balaban J connectivity index is 7.08. The van der Waals surface area contributed by atoms with Crippen LogP contribution in [0.4, 0.5) is 0 Å². The number of hydrogen-bond acceptors (Lipinski definition) is 4. The van der Waals surface area contributed by atoms with Crippen LogP contribution in [0.3, 0.4) is 0 Å². The average Bonchev–Trinajstić information content (AvgIpc) is 2.65. The highest BCUT2D eigenvalue weighted by molar-refractivity contribution is 4.67. The van der Waals surface area contributed by atoms with E-state index in [9.17, 15) is 0 Å². The van der Waals surface area contributed by atoms with Crippen LogP contribution in [0.2, 0.25) is 2.82 Å². The zero-order valence-electron chi connectivity index (χ0n) is 28.9. The largest absolute Gasteiger partial charge is 0.395 e. The molecule has 0 aromatic heterocycles. The monoisotopic (exact) mass is 226 g/mol. The van der Waals surface area contributed by atoms with E-state index in [2.05, 4.69) is 10.2 Å². The molecule has 0 saturated carbocycles. The van der Waals surface area contributed by atoms with Crippen LogP contribution in [-0.2, 0) is 0 Å². The van der Waals surface area contributed by atoms with Crippen LogP contribution in [0.1, 0.15) is 51.1 Å². The molecule has 0 rings (SSSR count). The van der Waals surface area contributed by atoms with Crippen LogP contribution >= 0.6 is 0 Å². The van der Waals surface area contributed by atoms with Gasteiger partial charge < -0.3 is 20.8 Å². The zero-order chi connectivity index (χ0) is 29.7. The van der Waals surface area contributed by atoms with Crippen molar-refractivity contribution in [2.75, 3.05) is 26.1 Å². The minimum Gasteiger partial charge on any atom is -0.395 e. The van der Waals surface area contributed by atoms with Gasteiger partial charge in [0.05, 0.1) is 18.6 Å². The Morgan fingerprint density at radius 1 is 1.21 bits per heavy atom.